The summed E-state index contributed by atoms with van der Waals surface area (Å²) in [7, 11) is 0. The largest absolute Gasteiger partial charge is 0.492 e. The molecule has 21 heavy (non-hydrogen) atoms. The molecule has 1 rings (SSSR count). The summed E-state index contributed by atoms with van der Waals surface area (Å²) in [5.41, 5.74) is 6.21. The predicted octanol–water partition coefficient (Wildman–Crippen LogP) is 3.04. The Balaban J connectivity index is 2.63. The minimum atomic E-state index is 0.0687. The average molecular weight is 358 g/mol. The van der Waals surface area contributed by atoms with Gasteiger partial charge in [0.2, 0.25) is 0 Å². The van der Waals surface area contributed by atoms with Crippen LogP contribution < -0.4 is 10.5 Å². The highest BCUT2D eigenvalue weighted by Crippen LogP contribution is 2.23. The van der Waals surface area contributed by atoms with Gasteiger partial charge in [-0.25, -0.2) is 0 Å². The summed E-state index contributed by atoms with van der Waals surface area (Å²) in [6.45, 7) is 10.2. The van der Waals surface area contributed by atoms with Crippen molar-refractivity contribution >= 4 is 21.8 Å². The molecule has 3 N–H and O–H groups in total. The molecule has 0 aliphatic carbocycles. The third kappa shape index (κ3) is 5.21. The molecule has 1 aromatic carbocycles. The van der Waals surface area contributed by atoms with Crippen molar-refractivity contribution < 1.29 is 9.94 Å². The van der Waals surface area contributed by atoms with Gasteiger partial charge in [-0.15, -0.1) is 0 Å². The van der Waals surface area contributed by atoms with Crippen molar-refractivity contribution in [1.29, 1.82) is 0 Å². The molecule has 0 aliphatic rings. The number of benzene rings is 1. The Bertz CT molecular complexity index is 482. The van der Waals surface area contributed by atoms with Gasteiger partial charge in [-0.2, -0.15) is 0 Å². The molecular weight excluding hydrogens is 334 g/mol. The number of oxime groups is 1. The zero-order valence-electron chi connectivity index (χ0n) is 13.0. The number of nitrogens with zero attached hydrogens (tertiary/aromatic N) is 2. The Labute approximate surface area is 134 Å². The molecule has 0 radical (unpaired) electrons. The first kappa shape index (κ1) is 17.8. The van der Waals surface area contributed by atoms with Gasteiger partial charge in [0, 0.05) is 28.7 Å². The molecule has 0 aliphatic heterocycles. The first-order chi connectivity index (χ1) is 9.86. The fourth-order valence-electron chi connectivity index (χ4n) is 2.23. The van der Waals surface area contributed by atoms with Crippen LogP contribution in [0, 0.1) is 0 Å². The number of hydrogen-bond donors (Lipinski definition) is 2. The number of nitrogens with two attached hydrogens (primary N) is 1. The van der Waals surface area contributed by atoms with Gasteiger partial charge >= 0.3 is 0 Å². The van der Waals surface area contributed by atoms with Gasteiger partial charge in [0.25, 0.3) is 0 Å². The van der Waals surface area contributed by atoms with Crippen LogP contribution in [-0.4, -0.2) is 41.2 Å². The summed E-state index contributed by atoms with van der Waals surface area (Å²) >= 11 is 3.39. The van der Waals surface area contributed by atoms with Gasteiger partial charge in [0.1, 0.15) is 12.4 Å². The summed E-state index contributed by atoms with van der Waals surface area (Å²) in [4.78, 5) is 2.37. The Morgan fingerprint density at radius 3 is 2.43 bits per heavy atom. The summed E-state index contributed by atoms with van der Waals surface area (Å²) < 4.78 is 6.51. The molecule has 0 saturated heterocycles. The Morgan fingerprint density at radius 1 is 1.33 bits per heavy atom. The number of amidine groups is 1. The smallest absolute Gasteiger partial charge is 0.171 e. The maximum Gasteiger partial charge on any atom is 0.171 e. The van der Waals surface area contributed by atoms with Crippen LogP contribution in [0.3, 0.4) is 0 Å². The SMILES string of the molecule is CC(C)N(CCOc1ccc(/C(N)=N/O)c(Br)c1)C(C)C. The van der Waals surface area contributed by atoms with Gasteiger partial charge in [-0.1, -0.05) is 5.16 Å². The van der Waals surface area contributed by atoms with Crippen LogP contribution in [0.2, 0.25) is 0 Å². The highest BCUT2D eigenvalue weighted by Gasteiger charge is 2.13. The zero-order chi connectivity index (χ0) is 16.0. The van der Waals surface area contributed by atoms with E-state index in [2.05, 4.69) is 53.7 Å². The second-order valence-corrected chi connectivity index (χ2v) is 6.26. The van der Waals surface area contributed by atoms with Gasteiger partial charge in [0.05, 0.1) is 0 Å². The van der Waals surface area contributed by atoms with Gasteiger partial charge in [-0.3, -0.25) is 4.90 Å². The fourth-order valence-corrected chi connectivity index (χ4v) is 2.79. The molecule has 0 bridgehead atoms. The second kappa shape index (κ2) is 8.24. The normalized spacial score (nSPS) is 12.5. The van der Waals surface area contributed by atoms with Crippen LogP contribution in [0.4, 0.5) is 0 Å². The standard InChI is InChI=1S/C15H24BrN3O2/c1-10(2)19(11(3)4)7-8-21-12-5-6-13(14(16)9-12)15(17)18-20/h5-6,9-11,20H,7-8H2,1-4H3,(H2,17,18). The van der Waals surface area contributed by atoms with Gasteiger partial charge in [-0.05, 0) is 61.8 Å². The molecule has 0 fully saturated rings. The lowest BCUT2D eigenvalue weighted by Gasteiger charge is -2.30. The molecule has 5 nitrogen and oxygen atoms in total. The van der Waals surface area contributed by atoms with E-state index in [0.717, 1.165) is 16.8 Å². The number of hydrogen-bond acceptors (Lipinski definition) is 4. The van der Waals surface area contributed by atoms with Gasteiger partial charge in [0.15, 0.2) is 5.84 Å². The first-order valence-corrected chi connectivity index (χ1v) is 7.82. The van der Waals surface area contributed by atoms with E-state index in [9.17, 15) is 0 Å². The van der Waals surface area contributed by atoms with Gasteiger partial charge < -0.3 is 15.7 Å². The summed E-state index contributed by atoms with van der Waals surface area (Å²) in [5, 5.41) is 11.7. The minimum Gasteiger partial charge on any atom is -0.492 e. The van der Waals surface area contributed by atoms with E-state index in [0.29, 0.717) is 24.3 Å². The fraction of sp³-hybridized carbons (Fsp3) is 0.533. The van der Waals surface area contributed by atoms with E-state index >= 15 is 0 Å². The number of ether oxygens (including phenoxy) is 1. The maximum absolute atomic E-state index is 8.69. The number of halogens is 1. The van der Waals surface area contributed by atoms with Crippen LogP contribution in [0.5, 0.6) is 5.75 Å². The predicted molar refractivity (Wildman–Crippen MR) is 89.1 cm³/mol. The van der Waals surface area contributed by atoms with Crippen molar-refractivity contribution in [1.82, 2.24) is 4.90 Å². The zero-order valence-corrected chi connectivity index (χ0v) is 14.6. The van der Waals surface area contributed by atoms with Crippen LogP contribution in [0.25, 0.3) is 0 Å². The van der Waals surface area contributed by atoms with Crippen LogP contribution in [0.15, 0.2) is 27.8 Å². The molecule has 0 heterocycles. The summed E-state index contributed by atoms with van der Waals surface area (Å²) in [6, 6.07) is 6.37. The molecule has 6 heteroatoms. The second-order valence-electron chi connectivity index (χ2n) is 5.40. The van der Waals surface area contributed by atoms with Crippen molar-refractivity contribution in [2.24, 2.45) is 10.9 Å². The van der Waals surface area contributed by atoms with E-state index in [1.165, 1.54) is 0 Å². The molecule has 1 aromatic rings. The van der Waals surface area contributed by atoms with E-state index in [-0.39, 0.29) is 5.84 Å². The third-order valence-corrected chi connectivity index (χ3v) is 3.93. The van der Waals surface area contributed by atoms with Crippen molar-refractivity contribution in [2.45, 2.75) is 39.8 Å². The summed E-state index contributed by atoms with van der Waals surface area (Å²) in [5.74, 6) is 0.822. The van der Waals surface area contributed by atoms with Crippen molar-refractivity contribution in [3.63, 3.8) is 0 Å². The van der Waals surface area contributed by atoms with E-state index in [1.807, 2.05) is 12.1 Å². The Morgan fingerprint density at radius 2 is 1.95 bits per heavy atom. The monoisotopic (exact) mass is 357 g/mol. The minimum absolute atomic E-state index is 0.0687. The van der Waals surface area contributed by atoms with Crippen LogP contribution in [0.1, 0.15) is 33.3 Å². The lowest BCUT2D eigenvalue weighted by atomic mass is 10.2. The Kier molecular flexibility index (Phi) is 6.98. The molecule has 0 aromatic heterocycles. The third-order valence-electron chi connectivity index (χ3n) is 3.27. The van der Waals surface area contributed by atoms with E-state index < -0.39 is 0 Å². The summed E-state index contributed by atoms with van der Waals surface area (Å²) in [6.07, 6.45) is 0. The number of rotatable bonds is 7. The topological polar surface area (TPSA) is 71.1 Å². The highest BCUT2D eigenvalue weighted by atomic mass is 79.9. The Hall–Kier alpha value is -1.27. The first-order valence-electron chi connectivity index (χ1n) is 7.02. The van der Waals surface area contributed by atoms with Crippen LogP contribution >= 0.6 is 15.9 Å². The lowest BCUT2D eigenvalue weighted by molar-refractivity contribution is 0.142. The molecule has 0 amide bonds. The molecular formula is C15H24BrN3O2. The maximum atomic E-state index is 8.69. The van der Waals surface area contributed by atoms with Crippen molar-refractivity contribution in [3.05, 3.63) is 28.2 Å². The molecule has 0 saturated carbocycles. The molecule has 0 unspecified atom stereocenters. The highest BCUT2D eigenvalue weighted by molar-refractivity contribution is 9.10. The van der Waals surface area contributed by atoms with E-state index in [4.69, 9.17) is 15.7 Å². The van der Waals surface area contributed by atoms with Crippen molar-refractivity contribution in [2.75, 3.05) is 13.2 Å². The molecule has 0 spiro atoms. The molecule has 118 valence electrons. The van der Waals surface area contributed by atoms with Crippen molar-refractivity contribution in [3.8, 4) is 5.75 Å². The lowest BCUT2D eigenvalue weighted by Crippen LogP contribution is -2.39. The average Bonchev–Trinajstić information content (AvgIpc) is 2.42. The quantitative estimate of drug-likeness (QED) is 0.340. The molecule has 0 atom stereocenters. The van der Waals surface area contributed by atoms with Crippen LogP contribution in [-0.2, 0) is 0 Å². The van der Waals surface area contributed by atoms with E-state index in [1.54, 1.807) is 6.07 Å².